The molecule has 90 valence electrons. The van der Waals surface area contributed by atoms with Gasteiger partial charge in [-0.25, -0.2) is 4.99 Å². The maximum absolute atomic E-state index is 12.0. The molecule has 4 heteroatoms. The van der Waals surface area contributed by atoms with Gasteiger partial charge in [0.2, 0.25) is 5.90 Å². The summed E-state index contributed by atoms with van der Waals surface area (Å²) in [6.07, 6.45) is 0. The van der Waals surface area contributed by atoms with E-state index in [0.29, 0.717) is 24.6 Å². The highest BCUT2D eigenvalue weighted by molar-refractivity contribution is 6.07. The number of rotatable bonds is 3. The highest BCUT2D eigenvalue weighted by Crippen LogP contribution is 2.13. The number of nitrogens with zero attached hydrogens (tertiary/aromatic N) is 1. The van der Waals surface area contributed by atoms with Crippen LogP contribution in [0, 0.1) is 0 Å². The molecule has 1 N–H and O–H groups in total. The third-order valence-electron chi connectivity index (χ3n) is 2.41. The van der Waals surface area contributed by atoms with Gasteiger partial charge in [0.1, 0.15) is 6.61 Å². The summed E-state index contributed by atoms with van der Waals surface area (Å²) in [6, 6.07) is 7.48. The van der Waals surface area contributed by atoms with Crippen LogP contribution in [0.1, 0.15) is 29.8 Å². The van der Waals surface area contributed by atoms with E-state index in [2.05, 4.69) is 10.3 Å². The molecule has 1 aromatic rings. The molecule has 1 heterocycles. The zero-order valence-corrected chi connectivity index (χ0v) is 10.1. The lowest BCUT2D eigenvalue weighted by Crippen LogP contribution is -2.31. The van der Waals surface area contributed by atoms with Gasteiger partial charge >= 0.3 is 0 Å². The molecule has 0 saturated heterocycles. The molecule has 0 fully saturated rings. The summed E-state index contributed by atoms with van der Waals surface area (Å²) in [6.45, 7) is 5.12. The van der Waals surface area contributed by atoms with Crippen LogP contribution >= 0.6 is 0 Å². The molecule has 17 heavy (non-hydrogen) atoms. The van der Waals surface area contributed by atoms with Crippen LogP contribution in [0.3, 0.4) is 0 Å². The lowest BCUT2D eigenvalue weighted by Gasteiger charge is -2.11. The van der Waals surface area contributed by atoms with Gasteiger partial charge in [-0.1, -0.05) is 12.1 Å². The van der Waals surface area contributed by atoms with Gasteiger partial charge in [0.25, 0.3) is 5.91 Å². The Morgan fingerprint density at radius 2 is 2.18 bits per heavy atom. The van der Waals surface area contributed by atoms with Gasteiger partial charge < -0.3 is 10.1 Å². The fourth-order valence-corrected chi connectivity index (χ4v) is 1.71. The number of amides is 1. The van der Waals surface area contributed by atoms with Crippen molar-refractivity contribution < 1.29 is 9.53 Å². The number of hydrogen-bond donors (Lipinski definition) is 1. The largest absolute Gasteiger partial charge is 0.475 e. The standard InChI is InChI=1S/C13H16N2O2/c1-9(2)15-12(16)10-5-3-4-6-11(10)13-14-7-8-17-13/h3-6,9H,7-8H2,1-2H3,(H,15,16). The second-order valence-corrected chi connectivity index (χ2v) is 4.21. The predicted octanol–water partition coefficient (Wildman–Crippen LogP) is 1.60. The van der Waals surface area contributed by atoms with E-state index in [1.807, 2.05) is 32.0 Å². The van der Waals surface area contributed by atoms with Gasteiger partial charge in [-0.2, -0.15) is 0 Å². The van der Waals surface area contributed by atoms with Crippen LogP contribution in [0.15, 0.2) is 29.3 Å². The first kappa shape index (κ1) is 11.6. The summed E-state index contributed by atoms with van der Waals surface area (Å²) < 4.78 is 5.40. The predicted molar refractivity (Wildman–Crippen MR) is 66.4 cm³/mol. The van der Waals surface area contributed by atoms with Crippen molar-refractivity contribution in [1.29, 1.82) is 0 Å². The molecular weight excluding hydrogens is 216 g/mol. The lowest BCUT2D eigenvalue weighted by atomic mass is 10.1. The second kappa shape index (κ2) is 4.99. The van der Waals surface area contributed by atoms with Crippen molar-refractivity contribution in [2.24, 2.45) is 4.99 Å². The molecule has 1 aliphatic rings. The van der Waals surface area contributed by atoms with Gasteiger partial charge in [-0.05, 0) is 26.0 Å². The zero-order chi connectivity index (χ0) is 12.3. The number of ether oxygens (including phenoxy) is 1. The molecule has 1 amide bonds. The molecule has 0 radical (unpaired) electrons. The van der Waals surface area contributed by atoms with E-state index in [1.54, 1.807) is 6.07 Å². The van der Waals surface area contributed by atoms with Crippen LogP contribution in [0.4, 0.5) is 0 Å². The van der Waals surface area contributed by atoms with Crippen LogP contribution in [-0.4, -0.2) is 31.0 Å². The SMILES string of the molecule is CC(C)NC(=O)c1ccccc1C1=NCCO1. The Balaban J connectivity index is 2.30. The molecule has 0 unspecified atom stereocenters. The van der Waals surface area contributed by atoms with Crippen LogP contribution in [0.5, 0.6) is 0 Å². The van der Waals surface area contributed by atoms with Gasteiger partial charge in [0, 0.05) is 11.6 Å². The van der Waals surface area contributed by atoms with Crippen molar-refractivity contribution in [2.45, 2.75) is 19.9 Å². The van der Waals surface area contributed by atoms with E-state index in [9.17, 15) is 4.79 Å². The van der Waals surface area contributed by atoms with E-state index in [4.69, 9.17) is 4.74 Å². The molecule has 4 nitrogen and oxygen atoms in total. The van der Waals surface area contributed by atoms with Crippen molar-refractivity contribution >= 4 is 11.8 Å². The molecule has 0 aliphatic carbocycles. The van der Waals surface area contributed by atoms with Gasteiger partial charge in [0.05, 0.1) is 12.1 Å². The first-order chi connectivity index (χ1) is 8.18. The number of benzene rings is 1. The first-order valence-corrected chi connectivity index (χ1v) is 5.76. The fraction of sp³-hybridized carbons (Fsp3) is 0.385. The van der Waals surface area contributed by atoms with Crippen LogP contribution in [-0.2, 0) is 4.74 Å². The topological polar surface area (TPSA) is 50.7 Å². The Morgan fingerprint density at radius 3 is 2.82 bits per heavy atom. The van der Waals surface area contributed by atoms with Crippen LogP contribution < -0.4 is 5.32 Å². The van der Waals surface area contributed by atoms with Gasteiger partial charge in [0.15, 0.2) is 0 Å². The summed E-state index contributed by atoms with van der Waals surface area (Å²) in [5.41, 5.74) is 1.38. The molecule has 0 bridgehead atoms. The highest BCUT2D eigenvalue weighted by atomic mass is 16.5. The minimum Gasteiger partial charge on any atom is -0.475 e. The Bertz CT molecular complexity index is 452. The summed E-state index contributed by atoms with van der Waals surface area (Å²) in [4.78, 5) is 16.3. The molecule has 0 aromatic heterocycles. The Kier molecular flexibility index (Phi) is 3.42. The molecule has 1 aromatic carbocycles. The average Bonchev–Trinajstić information content (AvgIpc) is 2.81. The molecular formula is C13H16N2O2. The third-order valence-corrected chi connectivity index (χ3v) is 2.41. The average molecular weight is 232 g/mol. The smallest absolute Gasteiger partial charge is 0.252 e. The Morgan fingerprint density at radius 1 is 1.41 bits per heavy atom. The van der Waals surface area contributed by atoms with E-state index >= 15 is 0 Å². The van der Waals surface area contributed by atoms with E-state index in [-0.39, 0.29) is 11.9 Å². The number of hydrogen-bond acceptors (Lipinski definition) is 3. The first-order valence-electron chi connectivity index (χ1n) is 5.76. The molecule has 0 saturated carbocycles. The van der Waals surface area contributed by atoms with Crippen molar-refractivity contribution in [1.82, 2.24) is 5.32 Å². The van der Waals surface area contributed by atoms with Crippen molar-refractivity contribution in [3.8, 4) is 0 Å². The second-order valence-electron chi connectivity index (χ2n) is 4.21. The monoisotopic (exact) mass is 232 g/mol. The Labute approximate surface area is 101 Å². The van der Waals surface area contributed by atoms with Gasteiger partial charge in [-0.3, -0.25) is 4.79 Å². The summed E-state index contributed by atoms with van der Waals surface area (Å²) in [5, 5.41) is 2.87. The number of aliphatic imine (C=N–C) groups is 1. The minimum atomic E-state index is -0.0891. The lowest BCUT2D eigenvalue weighted by molar-refractivity contribution is 0.0942. The minimum absolute atomic E-state index is 0.0891. The maximum atomic E-state index is 12.0. The fourth-order valence-electron chi connectivity index (χ4n) is 1.71. The van der Waals surface area contributed by atoms with Crippen LogP contribution in [0.2, 0.25) is 0 Å². The third kappa shape index (κ3) is 2.64. The van der Waals surface area contributed by atoms with Gasteiger partial charge in [-0.15, -0.1) is 0 Å². The van der Waals surface area contributed by atoms with Crippen molar-refractivity contribution in [2.75, 3.05) is 13.2 Å². The molecule has 1 aliphatic heterocycles. The maximum Gasteiger partial charge on any atom is 0.252 e. The van der Waals surface area contributed by atoms with E-state index in [0.717, 1.165) is 5.56 Å². The van der Waals surface area contributed by atoms with E-state index < -0.39 is 0 Å². The molecule has 2 rings (SSSR count). The van der Waals surface area contributed by atoms with Crippen LogP contribution in [0.25, 0.3) is 0 Å². The summed E-state index contributed by atoms with van der Waals surface area (Å²) in [7, 11) is 0. The molecule has 0 spiro atoms. The van der Waals surface area contributed by atoms with E-state index in [1.165, 1.54) is 0 Å². The normalized spacial score (nSPS) is 14.4. The zero-order valence-electron chi connectivity index (χ0n) is 10.1. The quantitative estimate of drug-likeness (QED) is 0.860. The summed E-state index contributed by atoms with van der Waals surface area (Å²) in [5.74, 6) is 0.480. The van der Waals surface area contributed by atoms with Crippen molar-refractivity contribution in [3.63, 3.8) is 0 Å². The Hall–Kier alpha value is -1.84. The number of nitrogens with one attached hydrogen (secondary N) is 1. The molecule has 0 atom stereocenters. The summed E-state index contributed by atoms with van der Waals surface area (Å²) >= 11 is 0. The van der Waals surface area contributed by atoms with Crippen molar-refractivity contribution in [3.05, 3.63) is 35.4 Å². The highest BCUT2D eigenvalue weighted by Gasteiger charge is 2.18. The number of carbonyl (C=O) groups excluding carboxylic acids is 1. The number of carbonyl (C=O) groups is 1.